The van der Waals surface area contributed by atoms with Gasteiger partial charge in [-0.2, -0.15) is 0 Å². The molecule has 0 saturated heterocycles. The Balaban J connectivity index is 3.40. The Hall–Kier alpha value is -3.10. The van der Waals surface area contributed by atoms with Gasteiger partial charge in [-0.3, -0.25) is 14.4 Å². The normalized spacial score (nSPS) is 13.5. The highest BCUT2D eigenvalue weighted by atomic mass is 16.6. The van der Waals surface area contributed by atoms with Gasteiger partial charge in [0.15, 0.2) is 0 Å². The molecule has 33 heavy (non-hydrogen) atoms. The number of hydrogen-bond acceptors (Lipinski definition) is 5. The molecule has 0 bridgehead atoms. The summed E-state index contributed by atoms with van der Waals surface area (Å²) in [7, 11) is 1.46. The molecule has 0 spiro atoms. The van der Waals surface area contributed by atoms with Gasteiger partial charge in [-0.05, 0) is 72.1 Å². The Morgan fingerprint density at radius 3 is 1.97 bits per heavy atom. The third-order valence-electron chi connectivity index (χ3n) is 4.69. The van der Waals surface area contributed by atoms with Crippen LogP contribution >= 0.6 is 0 Å². The van der Waals surface area contributed by atoms with Crippen LogP contribution < -0.4 is 16.4 Å². The average Bonchev–Trinajstić information content (AvgIpc) is 2.59. The molecule has 0 aromatic heterocycles. The number of amides is 4. The van der Waals surface area contributed by atoms with Gasteiger partial charge in [0, 0.05) is 12.6 Å². The van der Waals surface area contributed by atoms with E-state index in [0.717, 1.165) is 11.1 Å². The summed E-state index contributed by atoms with van der Waals surface area (Å²) in [6.07, 6.45) is -1.30. The van der Waals surface area contributed by atoms with Gasteiger partial charge in [0.05, 0.1) is 6.42 Å². The zero-order chi connectivity index (χ0) is 25.7. The summed E-state index contributed by atoms with van der Waals surface area (Å²) in [5.74, 6) is -1.80. The van der Waals surface area contributed by atoms with Crippen molar-refractivity contribution in [3.05, 3.63) is 34.9 Å². The SMILES string of the molecule is Cc1cccc(C)c1C(C(=O)NC(C)(C)C)N(C)C(=O)C(CC(N)=O)NC(=O)OC(C)(C)C. The summed E-state index contributed by atoms with van der Waals surface area (Å²) in [6, 6.07) is 3.30. The van der Waals surface area contributed by atoms with Crippen molar-refractivity contribution in [1.29, 1.82) is 0 Å². The predicted molar refractivity (Wildman–Crippen MR) is 126 cm³/mol. The number of carbonyl (C=O) groups excluding carboxylic acids is 4. The molecule has 4 N–H and O–H groups in total. The fraction of sp³-hybridized carbons (Fsp3) is 0.583. The average molecular weight is 463 g/mol. The number of hydrogen-bond donors (Lipinski definition) is 3. The van der Waals surface area contributed by atoms with Crippen LogP contribution in [0.4, 0.5) is 4.79 Å². The molecule has 0 saturated carbocycles. The van der Waals surface area contributed by atoms with Crippen LogP contribution in [0.1, 0.15) is 70.7 Å². The van der Waals surface area contributed by atoms with Crippen LogP contribution in [0.15, 0.2) is 18.2 Å². The molecular weight excluding hydrogens is 424 g/mol. The molecule has 9 nitrogen and oxygen atoms in total. The maximum absolute atomic E-state index is 13.5. The van der Waals surface area contributed by atoms with E-state index in [1.807, 2.05) is 52.8 Å². The van der Waals surface area contributed by atoms with E-state index in [1.165, 1.54) is 11.9 Å². The number of rotatable bonds is 7. The topological polar surface area (TPSA) is 131 Å². The van der Waals surface area contributed by atoms with Crippen molar-refractivity contribution in [3.8, 4) is 0 Å². The lowest BCUT2D eigenvalue weighted by atomic mass is 9.93. The van der Waals surface area contributed by atoms with Crippen molar-refractivity contribution in [3.63, 3.8) is 0 Å². The van der Waals surface area contributed by atoms with Gasteiger partial charge in [-0.15, -0.1) is 0 Å². The van der Waals surface area contributed by atoms with E-state index >= 15 is 0 Å². The molecule has 4 amide bonds. The molecule has 0 fully saturated rings. The molecule has 1 aromatic carbocycles. The molecule has 1 rings (SSSR count). The van der Waals surface area contributed by atoms with E-state index in [4.69, 9.17) is 10.5 Å². The fourth-order valence-electron chi connectivity index (χ4n) is 3.42. The van der Waals surface area contributed by atoms with Crippen molar-refractivity contribution in [2.24, 2.45) is 5.73 Å². The van der Waals surface area contributed by atoms with Crippen LogP contribution in [0.3, 0.4) is 0 Å². The third kappa shape index (κ3) is 8.75. The van der Waals surface area contributed by atoms with Gasteiger partial charge in [-0.1, -0.05) is 18.2 Å². The van der Waals surface area contributed by atoms with Gasteiger partial charge in [0.1, 0.15) is 17.7 Å². The Morgan fingerprint density at radius 2 is 1.55 bits per heavy atom. The minimum absolute atomic E-state index is 0.383. The molecule has 0 heterocycles. The first-order chi connectivity index (χ1) is 14.9. The smallest absolute Gasteiger partial charge is 0.408 e. The van der Waals surface area contributed by atoms with E-state index < -0.39 is 47.6 Å². The molecule has 2 unspecified atom stereocenters. The Bertz CT molecular complexity index is 879. The van der Waals surface area contributed by atoms with Crippen molar-refractivity contribution >= 4 is 23.8 Å². The van der Waals surface area contributed by atoms with Gasteiger partial charge in [-0.25, -0.2) is 4.79 Å². The molecule has 2 atom stereocenters. The Kier molecular flexibility index (Phi) is 9.04. The number of nitrogens with zero attached hydrogens (tertiary/aromatic N) is 1. The predicted octanol–water partition coefficient (Wildman–Crippen LogP) is 2.49. The van der Waals surface area contributed by atoms with Crippen LogP contribution in [-0.2, 0) is 19.1 Å². The third-order valence-corrected chi connectivity index (χ3v) is 4.69. The van der Waals surface area contributed by atoms with Crippen LogP contribution in [-0.4, -0.2) is 52.9 Å². The van der Waals surface area contributed by atoms with Crippen LogP contribution in [0.2, 0.25) is 0 Å². The maximum Gasteiger partial charge on any atom is 0.408 e. The zero-order valence-electron chi connectivity index (χ0n) is 21.2. The van der Waals surface area contributed by atoms with Gasteiger partial charge < -0.3 is 26.0 Å². The first-order valence-electron chi connectivity index (χ1n) is 10.9. The first kappa shape index (κ1) is 27.9. The van der Waals surface area contributed by atoms with E-state index in [9.17, 15) is 19.2 Å². The van der Waals surface area contributed by atoms with E-state index in [-0.39, 0.29) is 5.91 Å². The first-order valence-corrected chi connectivity index (χ1v) is 10.9. The minimum Gasteiger partial charge on any atom is -0.444 e. The lowest BCUT2D eigenvalue weighted by Crippen LogP contribution is -2.54. The van der Waals surface area contributed by atoms with Crippen LogP contribution in [0, 0.1) is 13.8 Å². The quantitative estimate of drug-likeness (QED) is 0.573. The monoisotopic (exact) mass is 462 g/mol. The summed E-state index contributed by atoms with van der Waals surface area (Å²) in [5.41, 5.74) is 6.31. The number of nitrogens with one attached hydrogen (secondary N) is 2. The molecule has 1 aromatic rings. The lowest BCUT2D eigenvalue weighted by Gasteiger charge is -2.34. The fourth-order valence-corrected chi connectivity index (χ4v) is 3.42. The molecule has 0 aliphatic heterocycles. The maximum atomic E-state index is 13.5. The summed E-state index contributed by atoms with van der Waals surface area (Å²) in [6.45, 7) is 14.3. The summed E-state index contributed by atoms with van der Waals surface area (Å²) in [4.78, 5) is 52.0. The number of ether oxygens (including phenoxy) is 1. The van der Waals surface area contributed by atoms with Crippen molar-refractivity contribution in [2.75, 3.05) is 7.05 Å². The highest BCUT2D eigenvalue weighted by molar-refractivity contribution is 5.94. The number of aryl methyl sites for hydroxylation is 2. The minimum atomic E-state index is -1.29. The van der Waals surface area contributed by atoms with Crippen molar-refractivity contribution < 1.29 is 23.9 Å². The second kappa shape index (κ2) is 10.7. The molecule has 0 aliphatic rings. The number of likely N-dealkylation sites (N-methyl/N-ethyl adjacent to an activating group) is 1. The highest BCUT2D eigenvalue weighted by Gasteiger charge is 2.37. The lowest BCUT2D eigenvalue weighted by molar-refractivity contribution is -0.142. The Labute approximate surface area is 196 Å². The van der Waals surface area contributed by atoms with Gasteiger partial charge in [0.25, 0.3) is 0 Å². The molecule has 9 heteroatoms. The summed E-state index contributed by atoms with van der Waals surface area (Å²) in [5, 5.41) is 5.35. The highest BCUT2D eigenvalue weighted by Crippen LogP contribution is 2.28. The standard InChI is InChI=1S/C24H38N4O5/c1-14-11-10-12-15(2)18(14)19(20(30)27-23(3,4)5)28(9)21(31)16(13-17(25)29)26-22(32)33-24(6,7)8/h10-12,16,19H,13H2,1-9H3,(H2,25,29)(H,26,32)(H,27,30). The Morgan fingerprint density at radius 1 is 1.03 bits per heavy atom. The molecule has 0 aliphatic carbocycles. The number of carbonyl (C=O) groups is 4. The second-order valence-electron chi connectivity index (χ2n) is 10.3. The van der Waals surface area contributed by atoms with E-state index in [2.05, 4.69) is 10.6 Å². The number of benzene rings is 1. The summed E-state index contributed by atoms with van der Waals surface area (Å²) < 4.78 is 5.22. The molecule has 184 valence electrons. The molecular formula is C24H38N4O5. The number of nitrogens with two attached hydrogens (primary N) is 1. The number of primary amides is 1. The summed E-state index contributed by atoms with van der Waals surface area (Å²) >= 11 is 0. The largest absolute Gasteiger partial charge is 0.444 e. The van der Waals surface area contributed by atoms with Crippen LogP contribution in [0.25, 0.3) is 0 Å². The van der Waals surface area contributed by atoms with Gasteiger partial charge >= 0.3 is 6.09 Å². The van der Waals surface area contributed by atoms with Crippen molar-refractivity contribution in [2.45, 2.75) is 85.0 Å². The van der Waals surface area contributed by atoms with Crippen molar-refractivity contribution in [1.82, 2.24) is 15.5 Å². The number of alkyl carbamates (subject to hydrolysis) is 1. The van der Waals surface area contributed by atoms with Gasteiger partial charge in [0.2, 0.25) is 17.7 Å². The van der Waals surface area contributed by atoms with Crippen LogP contribution in [0.5, 0.6) is 0 Å². The second-order valence-corrected chi connectivity index (χ2v) is 10.3. The molecule has 0 radical (unpaired) electrons. The van der Waals surface area contributed by atoms with E-state index in [1.54, 1.807) is 20.8 Å². The van der Waals surface area contributed by atoms with E-state index in [0.29, 0.717) is 5.56 Å². The zero-order valence-corrected chi connectivity index (χ0v) is 21.2.